The van der Waals surface area contributed by atoms with Gasteiger partial charge in [0.25, 0.3) is 5.91 Å². The lowest BCUT2D eigenvalue weighted by molar-refractivity contribution is -0.135. The number of aromatic amines is 1. The Kier molecular flexibility index (Phi) is 7.08. The van der Waals surface area contributed by atoms with Crippen molar-refractivity contribution < 1.29 is 14.4 Å². The average molecular weight is 557 g/mol. The number of H-pyrrole nitrogens is 1. The van der Waals surface area contributed by atoms with Crippen molar-refractivity contribution in [2.24, 2.45) is 9.98 Å². The molecule has 1 atom stereocenters. The quantitative estimate of drug-likeness (QED) is 0.481. The molecule has 1 fully saturated rings. The molecule has 2 N–H and O–H groups in total. The maximum atomic E-state index is 13.6. The van der Waals surface area contributed by atoms with E-state index in [1.54, 1.807) is 6.07 Å². The van der Waals surface area contributed by atoms with Gasteiger partial charge >= 0.3 is 0 Å². The highest BCUT2D eigenvalue weighted by molar-refractivity contribution is 8.14. The second kappa shape index (κ2) is 11.0. The number of rotatable bonds is 6. The van der Waals surface area contributed by atoms with Crippen LogP contribution in [-0.4, -0.2) is 86.7 Å². The molecule has 1 aromatic heterocycles. The van der Waals surface area contributed by atoms with E-state index in [1.807, 2.05) is 54.3 Å². The minimum atomic E-state index is -0.840. The summed E-state index contributed by atoms with van der Waals surface area (Å²) in [6.07, 6.45) is -0.0106. The average Bonchev–Trinajstić information content (AvgIpc) is 3.54. The molecule has 204 valence electrons. The lowest BCUT2D eigenvalue weighted by Gasteiger charge is -2.36. The molecule has 0 aliphatic carbocycles. The fourth-order valence-corrected chi connectivity index (χ4v) is 5.77. The van der Waals surface area contributed by atoms with Crippen molar-refractivity contribution in [2.45, 2.75) is 19.4 Å². The number of amides is 3. The molecule has 6 rings (SSSR count). The van der Waals surface area contributed by atoms with Gasteiger partial charge in [0.1, 0.15) is 11.9 Å². The summed E-state index contributed by atoms with van der Waals surface area (Å²) in [6, 6.07) is 18.5. The van der Waals surface area contributed by atoms with E-state index in [0.717, 1.165) is 41.8 Å². The van der Waals surface area contributed by atoms with Crippen LogP contribution in [0.2, 0.25) is 0 Å². The van der Waals surface area contributed by atoms with Crippen LogP contribution in [0.25, 0.3) is 0 Å². The van der Waals surface area contributed by atoms with Crippen molar-refractivity contribution in [1.29, 1.82) is 0 Å². The first-order chi connectivity index (χ1) is 19.5. The number of aliphatic imine (C=N–C) groups is 2. The molecule has 0 spiro atoms. The van der Waals surface area contributed by atoms with Gasteiger partial charge in [0.05, 0.1) is 17.9 Å². The van der Waals surface area contributed by atoms with Gasteiger partial charge in [-0.15, -0.1) is 0 Å². The van der Waals surface area contributed by atoms with Gasteiger partial charge in [-0.3, -0.25) is 24.5 Å². The Morgan fingerprint density at radius 3 is 2.55 bits per heavy atom. The summed E-state index contributed by atoms with van der Waals surface area (Å²) in [4.78, 5) is 54.2. The molecule has 2 aromatic carbocycles. The zero-order chi connectivity index (χ0) is 27.6. The first kappa shape index (κ1) is 25.8. The lowest BCUT2D eigenvalue weighted by atomic mass is 10.1. The van der Waals surface area contributed by atoms with Crippen LogP contribution >= 0.6 is 11.8 Å². The molecule has 11 nitrogen and oxygen atoms in total. The third kappa shape index (κ3) is 5.22. The highest BCUT2D eigenvalue weighted by atomic mass is 32.2. The van der Waals surface area contributed by atoms with Gasteiger partial charge in [0, 0.05) is 49.2 Å². The van der Waals surface area contributed by atoms with Gasteiger partial charge in [-0.1, -0.05) is 42.1 Å². The van der Waals surface area contributed by atoms with Crippen LogP contribution in [0.1, 0.15) is 17.7 Å². The Bertz CT molecular complexity index is 1510. The van der Waals surface area contributed by atoms with E-state index in [2.05, 4.69) is 37.5 Å². The highest BCUT2D eigenvalue weighted by Crippen LogP contribution is 2.34. The molecule has 0 unspecified atom stereocenters. The molecule has 3 aromatic rings. The number of hydrogen-bond acceptors (Lipinski definition) is 8. The number of aromatic nitrogens is 2. The van der Waals surface area contributed by atoms with Crippen LogP contribution < -0.4 is 10.2 Å². The maximum Gasteiger partial charge on any atom is 0.259 e. The van der Waals surface area contributed by atoms with E-state index in [0.29, 0.717) is 35.6 Å². The Labute approximate surface area is 235 Å². The number of fused-ring (bicyclic) bond motifs is 3. The third-order valence-electron chi connectivity index (χ3n) is 6.98. The van der Waals surface area contributed by atoms with Crippen LogP contribution in [0.4, 0.5) is 17.2 Å². The first-order valence-electron chi connectivity index (χ1n) is 13.1. The van der Waals surface area contributed by atoms with E-state index < -0.39 is 6.04 Å². The number of nitrogens with one attached hydrogen (secondary N) is 2. The molecule has 0 saturated carbocycles. The number of para-hydroxylation sites is 2. The normalized spacial score (nSPS) is 18.2. The van der Waals surface area contributed by atoms with Gasteiger partial charge in [0.2, 0.25) is 11.8 Å². The predicted octanol–water partition coefficient (Wildman–Crippen LogP) is 2.79. The Morgan fingerprint density at radius 2 is 1.80 bits per heavy atom. The van der Waals surface area contributed by atoms with Crippen molar-refractivity contribution in [3.05, 3.63) is 71.9 Å². The number of hydrogen-bond donors (Lipinski definition) is 2. The van der Waals surface area contributed by atoms with Gasteiger partial charge in [0.15, 0.2) is 11.0 Å². The summed E-state index contributed by atoms with van der Waals surface area (Å²) in [7, 11) is 0. The highest BCUT2D eigenvalue weighted by Gasteiger charge is 2.42. The number of carbonyl (C=O) groups is 3. The first-order valence-corrected chi connectivity index (χ1v) is 14.1. The number of benzene rings is 2. The van der Waals surface area contributed by atoms with Gasteiger partial charge in [-0.2, -0.15) is 5.10 Å². The van der Waals surface area contributed by atoms with Crippen molar-refractivity contribution in [1.82, 2.24) is 20.0 Å². The molecular weight excluding hydrogens is 528 g/mol. The molecule has 1 saturated heterocycles. The van der Waals surface area contributed by atoms with E-state index in [1.165, 1.54) is 4.90 Å². The van der Waals surface area contributed by atoms with Gasteiger partial charge in [-0.25, -0.2) is 9.89 Å². The topological polar surface area (TPSA) is 126 Å². The van der Waals surface area contributed by atoms with Crippen molar-refractivity contribution in [3.8, 4) is 0 Å². The number of thioether (sulfide) groups is 1. The number of carbonyl (C=O) groups excluding carboxylic acids is 3. The van der Waals surface area contributed by atoms with Gasteiger partial charge < -0.3 is 15.1 Å². The standard InChI is InChI=1S/C28H28N8O3S/c1-18-15-23(33-32-18)31-24(37)17-40-28-30-21-10-6-5-9-20(21)26-29-22(27(39)36(26)28)16-25(38)35-13-11-34(12-14-35)19-7-3-2-4-8-19/h2-10,15,22H,11-14,16-17H2,1H3,(H2,31,32,33,37)/t22-/m1/s1. The third-order valence-corrected chi connectivity index (χ3v) is 7.91. The molecule has 4 heterocycles. The molecule has 0 bridgehead atoms. The summed E-state index contributed by atoms with van der Waals surface area (Å²) >= 11 is 1.15. The molecule has 3 aliphatic heterocycles. The van der Waals surface area contributed by atoms with Crippen molar-refractivity contribution in [3.63, 3.8) is 0 Å². The monoisotopic (exact) mass is 556 g/mol. The maximum absolute atomic E-state index is 13.6. The number of aryl methyl sites for hydroxylation is 1. The molecule has 3 aliphatic rings. The number of piperazine rings is 1. The predicted molar refractivity (Wildman–Crippen MR) is 155 cm³/mol. The summed E-state index contributed by atoms with van der Waals surface area (Å²) in [5.41, 5.74) is 3.36. The molecule has 0 radical (unpaired) electrons. The number of anilines is 2. The SMILES string of the molecule is Cc1cc(NC(=O)CSC2=Nc3ccccc3C3=N[C@H](CC(=O)N4CCN(c5ccccc5)CC4)C(=O)N23)n[nH]1. The Hall–Kier alpha value is -4.45. The Morgan fingerprint density at radius 1 is 1.05 bits per heavy atom. The van der Waals surface area contributed by atoms with E-state index in [-0.39, 0.29) is 29.9 Å². The summed E-state index contributed by atoms with van der Waals surface area (Å²) < 4.78 is 0. The minimum absolute atomic E-state index is 0.0106. The summed E-state index contributed by atoms with van der Waals surface area (Å²) in [5.74, 6) is 0.248. The zero-order valence-electron chi connectivity index (χ0n) is 21.9. The smallest absolute Gasteiger partial charge is 0.259 e. The molecule has 3 amide bonds. The lowest BCUT2D eigenvalue weighted by Crippen LogP contribution is -2.49. The van der Waals surface area contributed by atoms with Crippen LogP contribution in [0.15, 0.2) is 70.6 Å². The largest absolute Gasteiger partial charge is 0.368 e. The minimum Gasteiger partial charge on any atom is -0.368 e. The fourth-order valence-electron chi connectivity index (χ4n) is 4.97. The van der Waals surface area contributed by atoms with E-state index >= 15 is 0 Å². The second-order valence-corrected chi connectivity index (χ2v) is 10.7. The van der Waals surface area contributed by atoms with E-state index in [9.17, 15) is 14.4 Å². The van der Waals surface area contributed by atoms with E-state index in [4.69, 9.17) is 4.99 Å². The Balaban J connectivity index is 1.13. The van der Waals surface area contributed by atoms with Crippen molar-refractivity contribution in [2.75, 3.05) is 42.1 Å². The van der Waals surface area contributed by atoms with Crippen LogP contribution in [-0.2, 0) is 14.4 Å². The van der Waals surface area contributed by atoms with Gasteiger partial charge in [-0.05, 0) is 31.2 Å². The fraction of sp³-hybridized carbons (Fsp3) is 0.286. The van der Waals surface area contributed by atoms with Crippen LogP contribution in [0.5, 0.6) is 0 Å². The number of amidine groups is 2. The molecular formula is C28H28N8O3S. The van der Waals surface area contributed by atoms with Crippen LogP contribution in [0.3, 0.4) is 0 Å². The number of nitrogens with zero attached hydrogens (tertiary/aromatic N) is 6. The zero-order valence-corrected chi connectivity index (χ0v) is 22.7. The van der Waals surface area contributed by atoms with Crippen LogP contribution in [0, 0.1) is 6.92 Å². The molecule has 12 heteroatoms. The second-order valence-electron chi connectivity index (χ2n) is 9.73. The summed E-state index contributed by atoms with van der Waals surface area (Å²) in [5, 5.41) is 9.90. The summed E-state index contributed by atoms with van der Waals surface area (Å²) in [6.45, 7) is 4.48. The molecule has 40 heavy (non-hydrogen) atoms. The van der Waals surface area contributed by atoms with Crippen molar-refractivity contribution >= 4 is 57.7 Å².